The van der Waals surface area contributed by atoms with Crippen molar-refractivity contribution in [3.63, 3.8) is 0 Å². The molecule has 4 rings (SSSR count). The molecule has 1 fully saturated rings. The third-order valence-electron chi connectivity index (χ3n) is 6.13. The van der Waals surface area contributed by atoms with E-state index in [0.717, 1.165) is 6.20 Å². The van der Waals surface area contributed by atoms with E-state index < -0.39 is 35.8 Å². The molecule has 0 radical (unpaired) electrons. The smallest absolute Gasteiger partial charge is 0.408 e. The monoisotopic (exact) mass is 562 g/mol. The molecule has 0 bridgehead atoms. The second-order valence-corrected chi connectivity index (χ2v) is 10.4. The number of nitrogens with zero attached hydrogens (tertiary/aromatic N) is 5. The standard InChI is InChI=1S/C27H30F4N6O3/c1-26(2,3)40-25(38)35-19-9-10-37(15-19)24(27(29,30)31)17-6-8-23(32-13-17)36-33-14-18-7-5-16-11-20(28)22(39-4)12-21(16)34-18/h5-8,11-13,19,24H,9-10,14-15H2,1-4H3,(H,35,38)/t19-,24+/m0/s1. The first-order valence-electron chi connectivity index (χ1n) is 12.6. The number of nitrogens with one attached hydrogen (secondary N) is 1. The minimum absolute atomic E-state index is 0.0160. The van der Waals surface area contributed by atoms with E-state index in [1.54, 1.807) is 32.9 Å². The largest absolute Gasteiger partial charge is 0.494 e. The van der Waals surface area contributed by atoms with Crippen LogP contribution in [0.3, 0.4) is 0 Å². The lowest BCUT2D eigenvalue weighted by Crippen LogP contribution is -2.42. The number of aromatic nitrogens is 2. The minimum atomic E-state index is -4.56. The van der Waals surface area contributed by atoms with Crippen LogP contribution in [0.5, 0.6) is 5.75 Å². The van der Waals surface area contributed by atoms with Crippen LogP contribution in [-0.2, 0) is 11.3 Å². The average Bonchev–Trinajstić information content (AvgIpc) is 3.30. The Balaban J connectivity index is 1.40. The molecule has 0 unspecified atom stereocenters. The van der Waals surface area contributed by atoms with E-state index >= 15 is 0 Å². The van der Waals surface area contributed by atoms with E-state index in [4.69, 9.17) is 9.47 Å². The number of hydrogen-bond acceptors (Lipinski definition) is 8. The Kier molecular flexibility index (Phi) is 8.52. The summed E-state index contributed by atoms with van der Waals surface area (Å²) in [6.07, 6.45) is -3.72. The Labute approximate surface area is 228 Å². The summed E-state index contributed by atoms with van der Waals surface area (Å²) in [6, 6.07) is 6.52. The van der Waals surface area contributed by atoms with Crippen molar-refractivity contribution in [2.24, 2.45) is 10.2 Å². The molecule has 1 saturated heterocycles. The zero-order chi connectivity index (χ0) is 29.1. The summed E-state index contributed by atoms with van der Waals surface area (Å²) in [7, 11) is 1.36. The van der Waals surface area contributed by atoms with Crippen LogP contribution in [0.4, 0.5) is 28.2 Å². The fourth-order valence-corrected chi connectivity index (χ4v) is 4.43. The molecule has 0 aliphatic carbocycles. The molecule has 2 atom stereocenters. The number of benzene rings is 1. The maximum Gasteiger partial charge on any atom is 0.408 e. The van der Waals surface area contributed by atoms with E-state index in [1.807, 2.05) is 0 Å². The Morgan fingerprint density at radius 1 is 1.20 bits per heavy atom. The first-order valence-corrected chi connectivity index (χ1v) is 12.6. The molecule has 2 aromatic heterocycles. The third kappa shape index (κ3) is 7.40. The molecule has 1 aromatic carbocycles. The lowest BCUT2D eigenvalue weighted by molar-refractivity contribution is -0.183. The highest BCUT2D eigenvalue weighted by atomic mass is 19.4. The summed E-state index contributed by atoms with van der Waals surface area (Å²) in [4.78, 5) is 21.8. The van der Waals surface area contributed by atoms with Crippen LogP contribution in [0.25, 0.3) is 10.9 Å². The van der Waals surface area contributed by atoms with Gasteiger partial charge in [-0.25, -0.2) is 14.2 Å². The van der Waals surface area contributed by atoms with Gasteiger partial charge in [0.2, 0.25) is 0 Å². The first-order chi connectivity index (χ1) is 18.8. The summed E-state index contributed by atoms with van der Waals surface area (Å²) in [5.41, 5.74) is 0.337. The van der Waals surface area contributed by atoms with Crippen LogP contribution in [-0.4, -0.2) is 59.0 Å². The highest BCUT2D eigenvalue weighted by Crippen LogP contribution is 2.39. The van der Waals surface area contributed by atoms with Gasteiger partial charge in [0.15, 0.2) is 17.4 Å². The van der Waals surface area contributed by atoms with Gasteiger partial charge in [-0.1, -0.05) is 12.1 Å². The van der Waals surface area contributed by atoms with Gasteiger partial charge in [0.1, 0.15) is 18.2 Å². The second-order valence-electron chi connectivity index (χ2n) is 10.4. The molecular weight excluding hydrogens is 532 g/mol. The number of carbonyl (C=O) groups excluding carboxylic acids is 1. The SMILES string of the molecule is COc1cc2nc(CN=Nc3ccc([C@@H](N4CC[C@H](NC(=O)OC(C)(C)C)C4)C(F)(F)F)cn3)ccc2cc1F. The number of methoxy groups -OCH3 is 1. The van der Waals surface area contributed by atoms with Gasteiger partial charge in [0, 0.05) is 36.8 Å². The molecule has 0 spiro atoms. The molecule has 214 valence electrons. The van der Waals surface area contributed by atoms with Crippen LogP contribution in [0, 0.1) is 5.82 Å². The predicted octanol–water partition coefficient (Wildman–Crippen LogP) is 6.26. The van der Waals surface area contributed by atoms with Crippen LogP contribution in [0.2, 0.25) is 0 Å². The molecule has 3 aromatic rings. The third-order valence-corrected chi connectivity index (χ3v) is 6.13. The Bertz CT molecular complexity index is 1380. The molecular formula is C27H30F4N6O3. The van der Waals surface area contributed by atoms with Gasteiger partial charge in [-0.2, -0.15) is 18.3 Å². The quantitative estimate of drug-likeness (QED) is 0.269. The van der Waals surface area contributed by atoms with Gasteiger partial charge in [-0.15, -0.1) is 5.11 Å². The maximum atomic E-state index is 14.1. The number of rotatable bonds is 7. The molecule has 1 aliphatic heterocycles. The molecule has 3 heterocycles. The van der Waals surface area contributed by atoms with E-state index in [-0.39, 0.29) is 36.8 Å². The van der Waals surface area contributed by atoms with Gasteiger partial charge < -0.3 is 14.8 Å². The number of fused-ring (bicyclic) bond motifs is 1. The summed E-state index contributed by atoms with van der Waals surface area (Å²) in [5.74, 6) is -0.280. The van der Waals surface area contributed by atoms with Crippen molar-refractivity contribution in [3.8, 4) is 5.75 Å². The van der Waals surface area contributed by atoms with Gasteiger partial charge >= 0.3 is 12.3 Å². The predicted molar refractivity (Wildman–Crippen MR) is 139 cm³/mol. The number of hydrogen-bond donors (Lipinski definition) is 1. The van der Waals surface area contributed by atoms with Crippen molar-refractivity contribution in [2.45, 2.75) is 57.6 Å². The van der Waals surface area contributed by atoms with Gasteiger partial charge in [-0.3, -0.25) is 9.88 Å². The van der Waals surface area contributed by atoms with Crippen molar-refractivity contribution in [1.29, 1.82) is 0 Å². The zero-order valence-corrected chi connectivity index (χ0v) is 22.5. The molecule has 40 heavy (non-hydrogen) atoms. The average molecular weight is 563 g/mol. The van der Waals surface area contributed by atoms with Crippen LogP contribution >= 0.6 is 0 Å². The number of halogens is 4. The van der Waals surface area contributed by atoms with Crippen molar-refractivity contribution < 1.29 is 31.8 Å². The topological polar surface area (TPSA) is 101 Å². The highest BCUT2D eigenvalue weighted by molar-refractivity contribution is 5.80. The van der Waals surface area contributed by atoms with Gasteiger partial charge in [0.05, 0.1) is 18.3 Å². The second kappa shape index (κ2) is 11.7. The summed E-state index contributed by atoms with van der Waals surface area (Å²) < 4.78 is 66.3. The fourth-order valence-electron chi connectivity index (χ4n) is 4.43. The van der Waals surface area contributed by atoms with Crippen molar-refractivity contribution >= 4 is 22.8 Å². The number of alkyl carbamates (subject to hydrolysis) is 1. The maximum absolute atomic E-state index is 14.1. The number of azo groups is 1. The molecule has 1 aliphatic rings. The zero-order valence-electron chi connectivity index (χ0n) is 22.5. The lowest BCUT2D eigenvalue weighted by Gasteiger charge is -2.30. The number of amides is 1. The minimum Gasteiger partial charge on any atom is -0.494 e. The van der Waals surface area contributed by atoms with Crippen molar-refractivity contribution in [2.75, 3.05) is 20.2 Å². The first kappa shape index (κ1) is 29.1. The summed E-state index contributed by atoms with van der Waals surface area (Å²) in [5, 5.41) is 11.3. The Morgan fingerprint density at radius 2 is 1.98 bits per heavy atom. The van der Waals surface area contributed by atoms with Crippen molar-refractivity contribution in [3.05, 3.63) is 59.7 Å². The highest BCUT2D eigenvalue weighted by Gasteiger charge is 2.47. The van der Waals surface area contributed by atoms with E-state index in [2.05, 4.69) is 25.5 Å². The Hall–Kier alpha value is -3.87. The number of likely N-dealkylation sites (tertiary alicyclic amines) is 1. The summed E-state index contributed by atoms with van der Waals surface area (Å²) >= 11 is 0. The number of alkyl halides is 3. The van der Waals surface area contributed by atoms with Crippen molar-refractivity contribution in [1.82, 2.24) is 20.2 Å². The van der Waals surface area contributed by atoms with Crippen LogP contribution in [0.1, 0.15) is 44.5 Å². The lowest BCUT2D eigenvalue weighted by atomic mass is 10.1. The molecule has 1 N–H and O–H groups in total. The van der Waals surface area contributed by atoms with E-state index in [1.165, 1.54) is 36.3 Å². The number of ether oxygens (including phenoxy) is 2. The number of carbonyl (C=O) groups is 1. The molecule has 1 amide bonds. The van der Waals surface area contributed by atoms with Gasteiger partial charge in [0.25, 0.3) is 0 Å². The fraction of sp³-hybridized carbons (Fsp3) is 0.444. The van der Waals surface area contributed by atoms with Crippen LogP contribution < -0.4 is 10.1 Å². The number of pyridine rings is 2. The molecule has 13 heteroatoms. The van der Waals surface area contributed by atoms with E-state index in [0.29, 0.717) is 23.0 Å². The summed E-state index contributed by atoms with van der Waals surface area (Å²) in [6.45, 7) is 5.38. The Morgan fingerprint density at radius 3 is 2.62 bits per heavy atom. The van der Waals surface area contributed by atoms with E-state index in [9.17, 15) is 22.4 Å². The normalized spacial score (nSPS) is 17.4. The van der Waals surface area contributed by atoms with Crippen LogP contribution in [0.15, 0.2) is 52.8 Å². The van der Waals surface area contributed by atoms with Gasteiger partial charge in [-0.05, 0) is 51.0 Å². The molecule has 9 nitrogen and oxygen atoms in total. The molecule has 0 saturated carbocycles.